The minimum absolute atomic E-state index is 0.0948. The summed E-state index contributed by atoms with van der Waals surface area (Å²) in [5.74, 6) is -0.0284. The van der Waals surface area contributed by atoms with E-state index in [1.807, 2.05) is 0 Å². The number of ether oxygens (including phenoxy) is 4. The lowest BCUT2D eigenvalue weighted by Gasteiger charge is -2.20. The predicted molar refractivity (Wildman–Crippen MR) is 110 cm³/mol. The quantitative estimate of drug-likeness (QED) is 0.314. The number of rotatable bonds is 11. The maximum absolute atomic E-state index is 14.0. The molecule has 0 saturated heterocycles. The molecular weight excluding hydrogens is 395 g/mol. The van der Waals surface area contributed by atoms with Crippen LogP contribution in [-0.2, 0) is 18.8 Å². The second-order valence-corrected chi connectivity index (χ2v) is 8.95. The molecule has 0 N–H and O–H groups in total. The summed E-state index contributed by atoms with van der Waals surface area (Å²) in [5, 5.41) is 0.364. The minimum atomic E-state index is -3.69. The smallest absolute Gasteiger partial charge is 0.306 e. The Morgan fingerprint density at radius 2 is 1.48 bits per heavy atom. The van der Waals surface area contributed by atoms with Crippen LogP contribution in [0.4, 0.5) is 0 Å². The lowest BCUT2D eigenvalue weighted by molar-refractivity contribution is -0.144. The first-order valence-corrected chi connectivity index (χ1v) is 10.9. The number of hydrogen-bond acceptors (Lipinski definition) is 7. The molecule has 7 nitrogen and oxygen atoms in total. The molecule has 156 valence electrons. The molecule has 2 rings (SSSR count). The van der Waals surface area contributed by atoms with Crippen molar-refractivity contribution in [3.63, 3.8) is 0 Å². The number of benzene rings is 2. The third kappa shape index (κ3) is 5.46. The van der Waals surface area contributed by atoms with Crippen LogP contribution in [0.2, 0.25) is 0 Å². The Bertz CT molecular complexity index is 858. The molecule has 0 aliphatic heterocycles. The van der Waals surface area contributed by atoms with E-state index in [1.54, 1.807) is 48.5 Å². The van der Waals surface area contributed by atoms with E-state index >= 15 is 0 Å². The highest BCUT2D eigenvalue weighted by molar-refractivity contribution is 7.87. The lowest BCUT2D eigenvalue weighted by atomic mass is 10.2. The maximum atomic E-state index is 14.0. The Hall–Kier alpha value is -2.63. The summed E-state index contributed by atoms with van der Waals surface area (Å²) in [6, 6.07) is 13.3. The second kappa shape index (κ2) is 10.8. The van der Waals surface area contributed by atoms with Gasteiger partial charge in [0.25, 0.3) is 0 Å². The van der Waals surface area contributed by atoms with E-state index in [1.165, 1.54) is 21.3 Å². The van der Waals surface area contributed by atoms with Crippen LogP contribution >= 0.6 is 7.14 Å². The second-order valence-electron chi connectivity index (χ2n) is 6.10. The van der Waals surface area contributed by atoms with Crippen molar-refractivity contribution < 1.29 is 33.1 Å². The van der Waals surface area contributed by atoms with Crippen LogP contribution in [0.25, 0.3) is 0 Å². The van der Waals surface area contributed by atoms with Crippen molar-refractivity contribution in [3.8, 4) is 11.5 Å². The summed E-state index contributed by atoms with van der Waals surface area (Å²) in [5.41, 5.74) is -0.528. The fourth-order valence-electron chi connectivity index (χ4n) is 2.82. The van der Waals surface area contributed by atoms with E-state index in [0.717, 1.165) is 0 Å². The van der Waals surface area contributed by atoms with Gasteiger partial charge in [-0.2, -0.15) is 0 Å². The normalized spacial score (nSPS) is 12.7. The topological polar surface area (TPSA) is 88.1 Å². The van der Waals surface area contributed by atoms with Crippen molar-refractivity contribution in [2.75, 3.05) is 40.7 Å². The zero-order chi connectivity index (χ0) is 21.3. The van der Waals surface area contributed by atoms with Gasteiger partial charge in [-0.15, -0.1) is 0 Å². The van der Waals surface area contributed by atoms with E-state index < -0.39 is 18.6 Å². The van der Waals surface area contributed by atoms with Gasteiger partial charge in [0.2, 0.25) is 5.52 Å². The average Bonchev–Trinajstić information content (AvgIpc) is 2.77. The molecular formula is C21H25O7P. The van der Waals surface area contributed by atoms with Crippen molar-refractivity contribution in [2.45, 2.75) is 6.42 Å². The summed E-state index contributed by atoms with van der Waals surface area (Å²) in [6.07, 6.45) is -0.331. The molecule has 2 aromatic carbocycles. The van der Waals surface area contributed by atoms with Gasteiger partial charge in [-0.3, -0.25) is 9.59 Å². The molecule has 1 unspecified atom stereocenters. The van der Waals surface area contributed by atoms with Crippen LogP contribution in [0, 0.1) is 0 Å². The molecule has 0 spiro atoms. The van der Waals surface area contributed by atoms with E-state index in [0.29, 0.717) is 5.30 Å². The zero-order valence-electron chi connectivity index (χ0n) is 16.8. The molecule has 2 aromatic rings. The third-order valence-corrected chi connectivity index (χ3v) is 7.19. The van der Waals surface area contributed by atoms with Gasteiger partial charge < -0.3 is 23.5 Å². The zero-order valence-corrected chi connectivity index (χ0v) is 17.6. The summed E-state index contributed by atoms with van der Waals surface area (Å²) < 4.78 is 34.5. The monoisotopic (exact) mass is 420 g/mol. The van der Waals surface area contributed by atoms with Crippen molar-refractivity contribution in [1.29, 1.82) is 0 Å². The highest BCUT2D eigenvalue weighted by Crippen LogP contribution is 2.51. The fraction of sp³-hybridized carbons (Fsp3) is 0.333. The van der Waals surface area contributed by atoms with Crippen molar-refractivity contribution in [1.82, 2.24) is 0 Å². The lowest BCUT2D eigenvalue weighted by Crippen LogP contribution is -2.20. The van der Waals surface area contributed by atoms with Gasteiger partial charge in [0, 0.05) is 18.6 Å². The van der Waals surface area contributed by atoms with Crippen molar-refractivity contribution in [3.05, 3.63) is 54.1 Å². The van der Waals surface area contributed by atoms with Gasteiger partial charge in [0.1, 0.15) is 23.7 Å². The first-order chi connectivity index (χ1) is 14.0. The molecule has 1 atom stereocenters. The molecule has 29 heavy (non-hydrogen) atoms. The third-order valence-electron chi connectivity index (χ3n) is 4.32. The van der Waals surface area contributed by atoms with Gasteiger partial charge in [-0.1, -0.05) is 36.4 Å². The number of esters is 1. The maximum Gasteiger partial charge on any atom is 0.306 e. The molecule has 8 heteroatoms. The summed E-state index contributed by atoms with van der Waals surface area (Å²) in [6.45, 7) is 0.360. The standard InChI is InChI=1S/C21H25O7P/c1-25-13-14-28-19(22)12-15-29(24,16-8-5-4-6-9-16)21(23)20-17(26-2)10-7-11-18(20)27-3/h4-11H,12-15H2,1-3H3. The van der Waals surface area contributed by atoms with Crippen LogP contribution in [0.3, 0.4) is 0 Å². The van der Waals surface area contributed by atoms with E-state index in [2.05, 4.69) is 0 Å². The Balaban J connectivity index is 2.41. The molecule has 0 aliphatic carbocycles. The SMILES string of the molecule is COCCOC(=O)CCP(=O)(C(=O)c1c(OC)cccc1OC)c1ccccc1. The number of carbonyl (C=O) groups is 2. The average molecular weight is 420 g/mol. The molecule has 0 amide bonds. The minimum Gasteiger partial charge on any atom is -0.496 e. The Kier molecular flexibility index (Phi) is 8.43. The van der Waals surface area contributed by atoms with Crippen molar-refractivity contribution >= 4 is 23.9 Å². The van der Waals surface area contributed by atoms with E-state index in [-0.39, 0.29) is 42.9 Å². The largest absolute Gasteiger partial charge is 0.496 e. The van der Waals surface area contributed by atoms with Crippen LogP contribution in [0.15, 0.2) is 48.5 Å². The summed E-state index contributed by atoms with van der Waals surface area (Å²) in [7, 11) is 0.654. The Morgan fingerprint density at radius 3 is 2.03 bits per heavy atom. The van der Waals surface area contributed by atoms with Gasteiger partial charge >= 0.3 is 5.97 Å². The number of hydrogen-bond donors (Lipinski definition) is 0. The molecule has 0 radical (unpaired) electrons. The Labute approximate surface area is 170 Å². The van der Waals surface area contributed by atoms with Crippen LogP contribution in [-0.4, -0.2) is 52.2 Å². The number of carbonyl (C=O) groups excluding carboxylic acids is 2. The van der Waals surface area contributed by atoms with E-state index in [4.69, 9.17) is 18.9 Å². The highest BCUT2D eigenvalue weighted by Gasteiger charge is 2.38. The van der Waals surface area contributed by atoms with Crippen LogP contribution in [0.1, 0.15) is 16.8 Å². The van der Waals surface area contributed by atoms with Crippen LogP contribution < -0.4 is 14.8 Å². The fourth-order valence-corrected chi connectivity index (χ4v) is 5.25. The van der Waals surface area contributed by atoms with Crippen LogP contribution in [0.5, 0.6) is 11.5 Å². The van der Waals surface area contributed by atoms with E-state index in [9.17, 15) is 14.2 Å². The first kappa shape index (κ1) is 22.7. The van der Waals surface area contributed by atoms with Gasteiger partial charge in [0.15, 0.2) is 7.14 Å². The summed E-state index contributed by atoms with van der Waals surface area (Å²) in [4.78, 5) is 25.5. The molecule has 0 aliphatic rings. The van der Waals surface area contributed by atoms with Gasteiger partial charge in [0.05, 0.1) is 27.2 Å². The molecule has 0 heterocycles. The van der Waals surface area contributed by atoms with Crippen molar-refractivity contribution in [2.24, 2.45) is 0 Å². The number of methoxy groups -OCH3 is 3. The Morgan fingerprint density at radius 1 is 0.862 bits per heavy atom. The summed E-state index contributed by atoms with van der Waals surface area (Å²) >= 11 is 0. The molecule has 0 bridgehead atoms. The first-order valence-electron chi connectivity index (χ1n) is 9.03. The van der Waals surface area contributed by atoms with Gasteiger partial charge in [-0.05, 0) is 12.1 Å². The molecule has 0 fully saturated rings. The van der Waals surface area contributed by atoms with Gasteiger partial charge in [-0.25, -0.2) is 0 Å². The molecule has 0 aromatic heterocycles. The predicted octanol–water partition coefficient (Wildman–Crippen LogP) is 3.11. The molecule has 0 saturated carbocycles. The highest BCUT2D eigenvalue weighted by atomic mass is 31.2.